The molecule has 0 aliphatic heterocycles. The monoisotopic (exact) mass is 381 g/mol. The molecular weight excluding hydrogens is 374 g/mol. The van der Waals surface area contributed by atoms with E-state index in [-0.39, 0.29) is 25.9 Å². The predicted octanol–water partition coefficient (Wildman–Crippen LogP) is 1.38. The molecule has 0 saturated carbocycles. The molecule has 2 rings (SSSR count). The van der Waals surface area contributed by atoms with Crippen LogP contribution in [0.4, 0.5) is 0 Å². The first-order valence-corrected chi connectivity index (χ1v) is 8.20. The number of aryl methyl sites for hydroxylation is 1. The van der Waals surface area contributed by atoms with Crippen LogP contribution in [0.5, 0.6) is 0 Å². The maximum atomic E-state index is 12.1. The zero-order chi connectivity index (χ0) is 14.9. The van der Waals surface area contributed by atoms with E-state index in [1.165, 1.54) is 0 Å². The zero-order valence-corrected chi connectivity index (χ0v) is 13.2. The topological polar surface area (TPSA) is 122 Å². The second-order valence-corrected chi connectivity index (χ2v) is 7.71. The summed E-state index contributed by atoms with van der Waals surface area (Å²) in [6.45, 7) is 1.43. The van der Waals surface area contributed by atoms with Crippen LogP contribution in [-0.2, 0) is 16.6 Å². The number of aromatic nitrogens is 2. The molecule has 8 nitrogen and oxygen atoms in total. The van der Waals surface area contributed by atoms with Crippen molar-refractivity contribution in [3.8, 4) is 0 Å². The van der Waals surface area contributed by atoms with Crippen LogP contribution in [0.15, 0.2) is 19.3 Å². The number of carbonyl (C=O) groups is 1. The molecular formula is C9H8BrN3O5S2. The van der Waals surface area contributed by atoms with E-state index in [9.17, 15) is 13.2 Å². The summed E-state index contributed by atoms with van der Waals surface area (Å²) < 4.78 is 31.3. The molecule has 2 aromatic heterocycles. The molecule has 108 valence electrons. The maximum Gasteiger partial charge on any atom is 0.345 e. The Morgan fingerprint density at radius 2 is 2.30 bits per heavy atom. The molecule has 0 atom stereocenters. The molecule has 0 amide bonds. The van der Waals surface area contributed by atoms with E-state index < -0.39 is 16.0 Å². The van der Waals surface area contributed by atoms with Crippen molar-refractivity contribution < 1.29 is 22.8 Å². The molecule has 0 spiro atoms. The fourth-order valence-corrected chi connectivity index (χ4v) is 4.67. The largest absolute Gasteiger partial charge is 0.477 e. The molecule has 0 aliphatic carbocycles. The van der Waals surface area contributed by atoms with Gasteiger partial charge in [0, 0.05) is 6.92 Å². The molecule has 20 heavy (non-hydrogen) atoms. The van der Waals surface area contributed by atoms with Gasteiger partial charge in [-0.3, -0.25) is 0 Å². The SMILES string of the molecule is Cc1nc(CNS(=O)(=O)c2cc(C(=O)O)sc2Br)no1. The Balaban J connectivity index is 2.20. The highest BCUT2D eigenvalue weighted by Gasteiger charge is 2.23. The van der Waals surface area contributed by atoms with Crippen LogP contribution in [0.25, 0.3) is 0 Å². The van der Waals surface area contributed by atoms with Crippen LogP contribution in [0.2, 0.25) is 0 Å². The molecule has 2 aromatic rings. The highest BCUT2D eigenvalue weighted by Crippen LogP contribution is 2.31. The second-order valence-electron chi connectivity index (χ2n) is 3.61. The standard InChI is InChI=1S/C9H8BrN3O5S2/c1-4-12-7(13-18-4)3-11-20(16,17)6-2-5(9(14)15)19-8(6)10/h2,11H,3H2,1H3,(H,14,15). The predicted molar refractivity (Wildman–Crippen MR) is 72.0 cm³/mol. The number of aromatic carboxylic acids is 1. The summed E-state index contributed by atoms with van der Waals surface area (Å²) in [6, 6.07) is 1.08. The van der Waals surface area contributed by atoms with Gasteiger partial charge < -0.3 is 9.63 Å². The lowest BCUT2D eigenvalue weighted by molar-refractivity contribution is 0.0702. The summed E-state index contributed by atoms with van der Waals surface area (Å²) in [5, 5.41) is 12.4. The molecule has 2 heterocycles. The van der Waals surface area contributed by atoms with Crippen LogP contribution in [0.1, 0.15) is 21.4 Å². The van der Waals surface area contributed by atoms with Gasteiger partial charge in [0.25, 0.3) is 0 Å². The molecule has 2 N–H and O–H groups in total. The average molecular weight is 382 g/mol. The van der Waals surface area contributed by atoms with E-state index in [1.54, 1.807) is 6.92 Å². The first kappa shape index (κ1) is 15.1. The summed E-state index contributed by atoms with van der Waals surface area (Å²) in [6.07, 6.45) is 0. The van der Waals surface area contributed by atoms with E-state index in [2.05, 4.69) is 30.8 Å². The van der Waals surface area contributed by atoms with Crippen LogP contribution in [0, 0.1) is 6.92 Å². The Kier molecular flexibility index (Phi) is 4.22. The fourth-order valence-electron chi connectivity index (χ4n) is 1.29. The van der Waals surface area contributed by atoms with Crippen LogP contribution >= 0.6 is 27.3 Å². The number of carboxylic acids is 1. The Hall–Kier alpha value is -1.30. The summed E-state index contributed by atoms with van der Waals surface area (Å²) in [5.74, 6) is -0.675. The molecule has 0 radical (unpaired) electrons. The minimum Gasteiger partial charge on any atom is -0.477 e. The lowest BCUT2D eigenvalue weighted by atomic mass is 10.5. The number of thiophene rings is 1. The van der Waals surface area contributed by atoms with Crippen LogP contribution in [-0.4, -0.2) is 29.6 Å². The van der Waals surface area contributed by atoms with Crippen molar-refractivity contribution in [1.29, 1.82) is 0 Å². The normalized spacial score (nSPS) is 11.7. The molecule has 0 aromatic carbocycles. The first-order chi connectivity index (χ1) is 9.29. The summed E-state index contributed by atoms with van der Waals surface area (Å²) in [7, 11) is -3.86. The minimum atomic E-state index is -3.86. The molecule has 0 aliphatic rings. The van der Waals surface area contributed by atoms with E-state index in [0.29, 0.717) is 5.89 Å². The van der Waals surface area contributed by atoms with Crippen molar-refractivity contribution in [2.45, 2.75) is 18.4 Å². The van der Waals surface area contributed by atoms with Crippen molar-refractivity contribution in [1.82, 2.24) is 14.9 Å². The van der Waals surface area contributed by atoms with E-state index >= 15 is 0 Å². The van der Waals surface area contributed by atoms with E-state index in [0.717, 1.165) is 17.4 Å². The number of hydrogen-bond donors (Lipinski definition) is 2. The molecule has 0 saturated heterocycles. The second kappa shape index (κ2) is 5.60. The van der Waals surface area contributed by atoms with Crippen molar-refractivity contribution in [2.24, 2.45) is 0 Å². The Morgan fingerprint density at radius 3 is 2.80 bits per heavy atom. The van der Waals surface area contributed by atoms with E-state index in [1.807, 2.05) is 0 Å². The number of carboxylic acid groups (broad SMARTS) is 1. The van der Waals surface area contributed by atoms with Gasteiger partial charge in [-0.05, 0) is 22.0 Å². The fraction of sp³-hybridized carbons (Fsp3) is 0.222. The quantitative estimate of drug-likeness (QED) is 0.801. The lowest BCUT2D eigenvalue weighted by Crippen LogP contribution is -2.23. The average Bonchev–Trinajstić information content (AvgIpc) is 2.93. The number of nitrogens with one attached hydrogen (secondary N) is 1. The molecule has 0 fully saturated rings. The number of hydrogen-bond acceptors (Lipinski definition) is 7. The Bertz CT molecular complexity index is 751. The highest BCUT2D eigenvalue weighted by molar-refractivity contribution is 9.11. The van der Waals surface area contributed by atoms with Gasteiger partial charge in [0.1, 0.15) is 9.77 Å². The first-order valence-electron chi connectivity index (χ1n) is 5.11. The van der Waals surface area contributed by atoms with Crippen LogP contribution in [0.3, 0.4) is 0 Å². The summed E-state index contributed by atoms with van der Waals surface area (Å²) in [4.78, 5) is 14.5. The van der Waals surface area contributed by atoms with Gasteiger partial charge in [-0.1, -0.05) is 5.16 Å². The van der Waals surface area contributed by atoms with Crippen molar-refractivity contribution >= 4 is 43.3 Å². The van der Waals surface area contributed by atoms with Crippen molar-refractivity contribution in [3.63, 3.8) is 0 Å². The van der Waals surface area contributed by atoms with Crippen molar-refractivity contribution in [2.75, 3.05) is 0 Å². The number of nitrogens with zero attached hydrogens (tertiary/aromatic N) is 2. The Labute approximate surface area is 126 Å². The zero-order valence-electron chi connectivity index (χ0n) is 9.95. The van der Waals surface area contributed by atoms with Crippen molar-refractivity contribution in [3.05, 3.63) is 26.4 Å². The summed E-state index contributed by atoms with van der Waals surface area (Å²) in [5.41, 5.74) is 0. The van der Waals surface area contributed by atoms with Gasteiger partial charge in [0.15, 0.2) is 5.82 Å². The smallest absolute Gasteiger partial charge is 0.345 e. The van der Waals surface area contributed by atoms with Gasteiger partial charge in [-0.15, -0.1) is 11.3 Å². The maximum absolute atomic E-state index is 12.1. The molecule has 11 heteroatoms. The number of halogens is 1. The summed E-state index contributed by atoms with van der Waals surface area (Å²) >= 11 is 3.86. The third kappa shape index (κ3) is 3.23. The van der Waals surface area contributed by atoms with E-state index in [4.69, 9.17) is 9.63 Å². The third-order valence-electron chi connectivity index (χ3n) is 2.15. The lowest BCUT2D eigenvalue weighted by Gasteiger charge is -2.02. The van der Waals surface area contributed by atoms with Gasteiger partial charge in [-0.25, -0.2) is 17.9 Å². The van der Waals surface area contributed by atoms with Gasteiger partial charge in [0.05, 0.1) is 10.3 Å². The molecule has 0 bridgehead atoms. The van der Waals surface area contributed by atoms with Gasteiger partial charge in [0.2, 0.25) is 15.9 Å². The number of rotatable bonds is 5. The number of sulfonamides is 1. The third-order valence-corrected chi connectivity index (χ3v) is 5.79. The minimum absolute atomic E-state index is 0.0762. The molecule has 0 unspecified atom stereocenters. The van der Waals surface area contributed by atoms with Gasteiger partial charge in [-0.2, -0.15) is 4.98 Å². The Morgan fingerprint density at radius 1 is 1.60 bits per heavy atom. The van der Waals surface area contributed by atoms with Crippen LogP contribution < -0.4 is 4.72 Å². The van der Waals surface area contributed by atoms with Gasteiger partial charge >= 0.3 is 5.97 Å². The highest BCUT2D eigenvalue weighted by atomic mass is 79.9.